The highest BCUT2D eigenvalue weighted by Crippen LogP contribution is 2.29. The van der Waals surface area contributed by atoms with Crippen LogP contribution >= 0.6 is 0 Å². The molecule has 0 aliphatic heterocycles. The first kappa shape index (κ1) is 14.4. The van der Waals surface area contributed by atoms with Gasteiger partial charge in [-0.15, -0.1) is 0 Å². The minimum absolute atomic E-state index is 0.0369. The fraction of sp³-hybridized carbons (Fsp3) is 0.733. The van der Waals surface area contributed by atoms with E-state index in [2.05, 4.69) is 24.1 Å². The molecule has 0 amide bonds. The molecule has 2 rings (SSSR count). The summed E-state index contributed by atoms with van der Waals surface area (Å²) in [6.45, 7) is 7.97. The Labute approximate surface area is 116 Å². The van der Waals surface area contributed by atoms with Crippen molar-refractivity contribution in [2.24, 2.45) is 0 Å². The third-order valence-electron chi connectivity index (χ3n) is 3.68. The second-order valence-corrected chi connectivity index (χ2v) is 4.98. The monoisotopic (exact) mass is 263 g/mol. The second-order valence-electron chi connectivity index (χ2n) is 4.98. The van der Waals surface area contributed by atoms with Gasteiger partial charge < -0.3 is 10.1 Å². The number of hydrogen-bond donors (Lipinski definition) is 1. The van der Waals surface area contributed by atoms with E-state index in [0.717, 1.165) is 25.2 Å². The largest absolute Gasteiger partial charge is 0.371 e. The summed E-state index contributed by atoms with van der Waals surface area (Å²) in [4.78, 5) is 9.30. The average Bonchev–Trinajstić information content (AvgIpc) is 2.45. The second kappa shape index (κ2) is 6.96. The summed E-state index contributed by atoms with van der Waals surface area (Å²) >= 11 is 0. The maximum Gasteiger partial charge on any atom is 0.157 e. The van der Waals surface area contributed by atoms with Crippen molar-refractivity contribution >= 4 is 0 Å². The summed E-state index contributed by atoms with van der Waals surface area (Å²) in [5, 5.41) is 3.52. The first-order valence-corrected chi connectivity index (χ1v) is 7.50. The molecular formula is C15H25N3O. The van der Waals surface area contributed by atoms with Crippen LogP contribution in [0, 0.1) is 0 Å². The zero-order valence-electron chi connectivity index (χ0n) is 12.3. The number of aromatic nitrogens is 2. The number of ether oxygens (including phenoxy) is 1. The van der Waals surface area contributed by atoms with Gasteiger partial charge in [0.15, 0.2) is 5.82 Å². The minimum atomic E-state index is 0.0369. The Morgan fingerprint density at radius 1 is 1.42 bits per heavy atom. The highest BCUT2D eigenvalue weighted by Gasteiger charge is 2.23. The Balaban J connectivity index is 2.22. The lowest BCUT2D eigenvalue weighted by atomic mass is 9.92. The highest BCUT2D eigenvalue weighted by atomic mass is 16.5. The maximum atomic E-state index is 5.70. The predicted octanol–water partition coefficient (Wildman–Crippen LogP) is 2.95. The summed E-state index contributed by atoms with van der Waals surface area (Å²) < 4.78 is 5.70. The van der Waals surface area contributed by atoms with E-state index in [1.54, 1.807) is 0 Å². The summed E-state index contributed by atoms with van der Waals surface area (Å²) in [6, 6.07) is 0.426. The van der Waals surface area contributed by atoms with Crippen LogP contribution in [0.3, 0.4) is 0 Å². The summed E-state index contributed by atoms with van der Waals surface area (Å²) in [5.74, 6) is 0.847. The Bertz CT molecular complexity index is 408. The van der Waals surface area contributed by atoms with Gasteiger partial charge in [0.05, 0.1) is 0 Å². The fourth-order valence-electron chi connectivity index (χ4n) is 2.75. The Morgan fingerprint density at radius 3 is 2.95 bits per heavy atom. The number of hydrogen-bond acceptors (Lipinski definition) is 4. The summed E-state index contributed by atoms with van der Waals surface area (Å²) in [6.07, 6.45) is 6.42. The molecule has 0 fully saturated rings. The molecule has 1 heterocycles. The Hall–Kier alpha value is -1.00. The molecule has 106 valence electrons. The molecule has 4 heteroatoms. The van der Waals surface area contributed by atoms with Crippen molar-refractivity contribution in [3.05, 3.63) is 23.3 Å². The first-order valence-electron chi connectivity index (χ1n) is 7.50. The molecule has 2 atom stereocenters. The van der Waals surface area contributed by atoms with Crippen LogP contribution in [0.25, 0.3) is 0 Å². The molecule has 0 saturated carbocycles. The molecule has 1 aromatic rings. The van der Waals surface area contributed by atoms with Gasteiger partial charge in [0.25, 0.3) is 0 Å². The molecule has 1 N–H and O–H groups in total. The topological polar surface area (TPSA) is 47.0 Å². The van der Waals surface area contributed by atoms with Gasteiger partial charge in [0.1, 0.15) is 6.10 Å². The van der Waals surface area contributed by atoms with E-state index < -0.39 is 0 Å². The van der Waals surface area contributed by atoms with Crippen LogP contribution in [-0.4, -0.2) is 23.1 Å². The summed E-state index contributed by atoms with van der Waals surface area (Å²) in [5.41, 5.74) is 2.49. The van der Waals surface area contributed by atoms with Gasteiger partial charge in [0.2, 0.25) is 0 Å². The molecule has 0 radical (unpaired) electrons. The lowest BCUT2D eigenvalue weighted by Crippen LogP contribution is -2.26. The molecule has 0 aromatic carbocycles. The van der Waals surface area contributed by atoms with Crippen LogP contribution < -0.4 is 5.32 Å². The van der Waals surface area contributed by atoms with E-state index in [4.69, 9.17) is 9.72 Å². The minimum Gasteiger partial charge on any atom is -0.371 e. The number of rotatable bonds is 6. The van der Waals surface area contributed by atoms with E-state index >= 15 is 0 Å². The number of nitrogens with one attached hydrogen (secondary N) is 1. The third kappa shape index (κ3) is 3.31. The van der Waals surface area contributed by atoms with Gasteiger partial charge in [-0.3, -0.25) is 0 Å². The van der Waals surface area contributed by atoms with Crippen LogP contribution in [0.4, 0.5) is 0 Å². The zero-order chi connectivity index (χ0) is 13.7. The van der Waals surface area contributed by atoms with Crippen LogP contribution in [0.2, 0.25) is 0 Å². The first-order chi connectivity index (χ1) is 9.30. The fourth-order valence-corrected chi connectivity index (χ4v) is 2.75. The maximum absolute atomic E-state index is 5.70. The molecule has 19 heavy (non-hydrogen) atoms. The summed E-state index contributed by atoms with van der Waals surface area (Å²) in [7, 11) is 0. The number of fused-ring (bicyclic) bond motifs is 1. The van der Waals surface area contributed by atoms with E-state index in [9.17, 15) is 0 Å². The Morgan fingerprint density at radius 2 is 2.26 bits per heavy atom. The predicted molar refractivity (Wildman–Crippen MR) is 76.0 cm³/mol. The van der Waals surface area contributed by atoms with Crippen molar-refractivity contribution in [1.82, 2.24) is 15.3 Å². The molecule has 0 spiro atoms. The van der Waals surface area contributed by atoms with Crippen LogP contribution in [0.1, 0.15) is 69.3 Å². The molecule has 2 unspecified atom stereocenters. The normalized spacial score (nSPS) is 20.1. The van der Waals surface area contributed by atoms with Crippen molar-refractivity contribution in [3.8, 4) is 0 Å². The quantitative estimate of drug-likeness (QED) is 0.857. The van der Waals surface area contributed by atoms with Crippen molar-refractivity contribution in [3.63, 3.8) is 0 Å². The lowest BCUT2D eigenvalue weighted by Gasteiger charge is -2.26. The highest BCUT2D eigenvalue weighted by molar-refractivity contribution is 5.25. The molecule has 4 nitrogen and oxygen atoms in total. The third-order valence-corrected chi connectivity index (χ3v) is 3.68. The van der Waals surface area contributed by atoms with Crippen molar-refractivity contribution in [2.45, 2.75) is 58.6 Å². The number of nitrogens with zero attached hydrogens (tertiary/aromatic N) is 2. The van der Waals surface area contributed by atoms with Gasteiger partial charge in [-0.2, -0.15) is 0 Å². The van der Waals surface area contributed by atoms with Crippen LogP contribution in [-0.2, 0) is 11.2 Å². The van der Waals surface area contributed by atoms with Gasteiger partial charge in [0, 0.05) is 30.1 Å². The van der Waals surface area contributed by atoms with Crippen molar-refractivity contribution < 1.29 is 4.74 Å². The number of aryl methyl sites for hydroxylation is 1. The molecule has 1 aromatic heterocycles. The lowest BCUT2D eigenvalue weighted by molar-refractivity contribution is 0.0532. The van der Waals surface area contributed by atoms with Gasteiger partial charge in [-0.1, -0.05) is 13.8 Å². The molecule has 1 aliphatic carbocycles. The molecular weight excluding hydrogens is 238 g/mol. The average molecular weight is 263 g/mol. The molecule has 0 saturated heterocycles. The van der Waals surface area contributed by atoms with Gasteiger partial charge in [-0.05, 0) is 39.2 Å². The van der Waals surface area contributed by atoms with E-state index in [1.165, 1.54) is 24.1 Å². The van der Waals surface area contributed by atoms with Gasteiger partial charge >= 0.3 is 0 Å². The van der Waals surface area contributed by atoms with Crippen LogP contribution in [0.15, 0.2) is 6.20 Å². The smallest absolute Gasteiger partial charge is 0.157 e. The standard InChI is InChI=1S/C15H25N3O/c1-4-14(19-6-3)15-17-10-11-12(16-5-2)8-7-9-13(11)18-15/h10,12,14,16H,4-9H2,1-3H3. The van der Waals surface area contributed by atoms with E-state index in [-0.39, 0.29) is 6.10 Å². The van der Waals surface area contributed by atoms with Gasteiger partial charge in [-0.25, -0.2) is 9.97 Å². The SMILES string of the molecule is CCNC1CCCc2nc(C(CC)OCC)ncc21. The van der Waals surface area contributed by atoms with Crippen molar-refractivity contribution in [1.29, 1.82) is 0 Å². The van der Waals surface area contributed by atoms with E-state index in [0.29, 0.717) is 12.6 Å². The van der Waals surface area contributed by atoms with Crippen LogP contribution in [0.5, 0.6) is 0 Å². The molecule has 1 aliphatic rings. The van der Waals surface area contributed by atoms with Crippen molar-refractivity contribution in [2.75, 3.05) is 13.2 Å². The Kier molecular flexibility index (Phi) is 5.28. The molecule has 0 bridgehead atoms. The zero-order valence-corrected chi connectivity index (χ0v) is 12.3. The van der Waals surface area contributed by atoms with E-state index in [1.807, 2.05) is 13.1 Å².